The van der Waals surface area contributed by atoms with E-state index in [1.807, 2.05) is 17.5 Å². The number of halogens is 1. The van der Waals surface area contributed by atoms with Crippen LogP contribution in [0.15, 0.2) is 34.5 Å². The van der Waals surface area contributed by atoms with Crippen LogP contribution in [0.1, 0.15) is 4.88 Å². The normalized spacial score (nSPS) is 14.3. The second kappa shape index (κ2) is 6.12. The second-order valence-electron chi connectivity index (χ2n) is 4.96. The highest BCUT2D eigenvalue weighted by Crippen LogP contribution is 2.36. The Kier molecular flexibility index (Phi) is 4.33. The number of benzene rings is 1. The standard InChI is InChI=1S/C14H13ClN2O4S2/c1-17(7-9-3-2-4-22-9)23(19,20)13-6-12-11(5-10(13)15)16-14(18)8-21-12/h2-6H,7-8H2,1H3,(H,16,18). The van der Waals surface area contributed by atoms with E-state index in [9.17, 15) is 13.2 Å². The molecule has 0 bridgehead atoms. The van der Waals surface area contributed by atoms with Crippen molar-refractivity contribution in [2.45, 2.75) is 11.4 Å². The molecule has 0 saturated heterocycles. The molecule has 23 heavy (non-hydrogen) atoms. The topological polar surface area (TPSA) is 75.7 Å². The van der Waals surface area contributed by atoms with Gasteiger partial charge in [0.2, 0.25) is 10.0 Å². The number of ether oxygens (including phenoxy) is 1. The van der Waals surface area contributed by atoms with Crippen molar-refractivity contribution in [2.75, 3.05) is 19.0 Å². The zero-order valence-electron chi connectivity index (χ0n) is 12.1. The molecule has 1 aliphatic rings. The van der Waals surface area contributed by atoms with Crippen LogP contribution in [0.5, 0.6) is 5.75 Å². The van der Waals surface area contributed by atoms with Crippen LogP contribution in [0, 0.1) is 0 Å². The average molecular weight is 373 g/mol. The smallest absolute Gasteiger partial charge is 0.262 e. The first kappa shape index (κ1) is 16.3. The van der Waals surface area contributed by atoms with Gasteiger partial charge in [-0.25, -0.2) is 8.42 Å². The van der Waals surface area contributed by atoms with Gasteiger partial charge in [0.15, 0.2) is 6.61 Å². The quantitative estimate of drug-likeness (QED) is 0.894. The van der Waals surface area contributed by atoms with E-state index >= 15 is 0 Å². The van der Waals surface area contributed by atoms with Crippen molar-refractivity contribution in [3.05, 3.63) is 39.5 Å². The fourth-order valence-corrected chi connectivity index (χ4v) is 4.66. The number of hydrogen-bond donors (Lipinski definition) is 1. The fourth-order valence-electron chi connectivity index (χ4n) is 2.15. The van der Waals surface area contributed by atoms with Crippen LogP contribution in [-0.4, -0.2) is 32.3 Å². The number of carbonyl (C=O) groups is 1. The fraction of sp³-hybridized carbons (Fsp3) is 0.214. The van der Waals surface area contributed by atoms with E-state index in [4.69, 9.17) is 16.3 Å². The number of hydrogen-bond acceptors (Lipinski definition) is 5. The molecule has 0 unspecified atom stereocenters. The summed E-state index contributed by atoms with van der Waals surface area (Å²) in [6, 6.07) is 6.46. The molecular weight excluding hydrogens is 360 g/mol. The number of anilines is 1. The maximum Gasteiger partial charge on any atom is 0.262 e. The lowest BCUT2D eigenvalue weighted by Crippen LogP contribution is -2.28. The summed E-state index contributed by atoms with van der Waals surface area (Å²) in [5, 5.41) is 4.51. The maximum atomic E-state index is 12.7. The van der Waals surface area contributed by atoms with Gasteiger partial charge in [-0.3, -0.25) is 4.79 Å². The highest BCUT2D eigenvalue weighted by molar-refractivity contribution is 7.89. The third-order valence-electron chi connectivity index (χ3n) is 3.31. The zero-order valence-corrected chi connectivity index (χ0v) is 14.5. The monoisotopic (exact) mass is 372 g/mol. The average Bonchev–Trinajstić information content (AvgIpc) is 2.99. The van der Waals surface area contributed by atoms with Gasteiger partial charge in [-0.05, 0) is 17.5 Å². The number of thiophene rings is 1. The van der Waals surface area contributed by atoms with Crippen LogP contribution in [-0.2, 0) is 21.4 Å². The number of carbonyl (C=O) groups excluding carboxylic acids is 1. The Morgan fingerprint density at radius 3 is 2.91 bits per heavy atom. The number of sulfonamides is 1. The summed E-state index contributed by atoms with van der Waals surface area (Å²) in [6.45, 7) is 0.101. The van der Waals surface area contributed by atoms with Crippen LogP contribution in [0.4, 0.5) is 5.69 Å². The SMILES string of the molecule is CN(Cc1cccs1)S(=O)(=O)c1cc2c(cc1Cl)NC(=O)CO2. The summed E-state index contributed by atoms with van der Waals surface area (Å²) in [4.78, 5) is 12.2. The highest BCUT2D eigenvalue weighted by Gasteiger charge is 2.27. The third-order valence-corrected chi connectivity index (χ3v) is 6.44. The lowest BCUT2D eigenvalue weighted by Gasteiger charge is -2.22. The van der Waals surface area contributed by atoms with E-state index in [-0.39, 0.29) is 34.7 Å². The molecule has 1 aromatic heterocycles. The molecule has 2 aromatic rings. The van der Waals surface area contributed by atoms with E-state index in [0.717, 1.165) is 4.88 Å². The third kappa shape index (κ3) is 3.20. The Labute approximate surface area is 142 Å². The predicted octanol–water partition coefficient (Wildman–Crippen LogP) is 2.55. The molecule has 0 radical (unpaired) electrons. The van der Waals surface area contributed by atoms with Crippen molar-refractivity contribution in [1.29, 1.82) is 0 Å². The molecule has 1 amide bonds. The molecule has 1 aliphatic heterocycles. The van der Waals surface area contributed by atoms with Gasteiger partial charge in [0, 0.05) is 24.5 Å². The predicted molar refractivity (Wildman–Crippen MR) is 88.5 cm³/mol. The first-order chi connectivity index (χ1) is 10.9. The first-order valence-corrected chi connectivity index (χ1v) is 9.32. The van der Waals surface area contributed by atoms with Crippen molar-refractivity contribution < 1.29 is 17.9 Å². The van der Waals surface area contributed by atoms with Gasteiger partial charge in [-0.15, -0.1) is 11.3 Å². The minimum atomic E-state index is -3.78. The van der Waals surface area contributed by atoms with E-state index in [0.29, 0.717) is 5.69 Å². The Balaban J connectivity index is 1.95. The molecule has 122 valence electrons. The minimum absolute atomic E-state index is 0.0348. The Bertz CT molecular complexity index is 850. The lowest BCUT2D eigenvalue weighted by atomic mass is 10.2. The molecule has 0 aliphatic carbocycles. The van der Waals surface area contributed by atoms with Crippen LogP contribution in [0.25, 0.3) is 0 Å². The number of nitrogens with zero attached hydrogens (tertiary/aromatic N) is 1. The van der Waals surface area contributed by atoms with Gasteiger partial charge in [-0.1, -0.05) is 17.7 Å². The van der Waals surface area contributed by atoms with Gasteiger partial charge >= 0.3 is 0 Å². The molecule has 3 rings (SSSR count). The molecule has 0 saturated carbocycles. The summed E-state index contributed by atoms with van der Waals surface area (Å²) < 4.78 is 32.0. The van der Waals surface area contributed by atoms with Gasteiger partial charge in [0.25, 0.3) is 5.91 Å². The molecule has 0 spiro atoms. The number of nitrogens with one attached hydrogen (secondary N) is 1. The number of fused-ring (bicyclic) bond motifs is 1. The lowest BCUT2D eigenvalue weighted by molar-refractivity contribution is -0.118. The Morgan fingerprint density at radius 2 is 2.22 bits per heavy atom. The van der Waals surface area contributed by atoms with Crippen molar-refractivity contribution in [3.8, 4) is 5.75 Å². The van der Waals surface area contributed by atoms with E-state index in [1.54, 1.807) is 0 Å². The molecule has 0 atom stereocenters. The van der Waals surface area contributed by atoms with Crippen LogP contribution in [0.3, 0.4) is 0 Å². The largest absolute Gasteiger partial charge is 0.482 e. The van der Waals surface area contributed by atoms with Gasteiger partial charge < -0.3 is 10.1 Å². The molecule has 0 fully saturated rings. The van der Waals surface area contributed by atoms with E-state index in [2.05, 4.69) is 5.32 Å². The summed E-state index contributed by atoms with van der Waals surface area (Å²) in [5.74, 6) is -0.0175. The molecule has 1 aromatic carbocycles. The summed E-state index contributed by atoms with van der Waals surface area (Å²) in [6.07, 6.45) is 0. The minimum Gasteiger partial charge on any atom is -0.482 e. The molecule has 9 heteroatoms. The summed E-state index contributed by atoms with van der Waals surface area (Å²) >= 11 is 7.59. The molecule has 6 nitrogen and oxygen atoms in total. The Morgan fingerprint density at radius 1 is 1.43 bits per heavy atom. The van der Waals surface area contributed by atoms with Gasteiger partial charge in [0.1, 0.15) is 10.6 Å². The van der Waals surface area contributed by atoms with Crippen molar-refractivity contribution >= 4 is 44.6 Å². The van der Waals surface area contributed by atoms with Crippen LogP contribution in [0.2, 0.25) is 5.02 Å². The van der Waals surface area contributed by atoms with Crippen molar-refractivity contribution in [3.63, 3.8) is 0 Å². The van der Waals surface area contributed by atoms with Crippen LogP contribution >= 0.6 is 22.9 Å². The summed E-state index contributed by atoms with van der Waals surface area (Å²) in [7, 11) is -2.28. The van der Waals surface area contributed by atoms with Crippen molar-refractivity contribution in [1.82, 2.24) is 4.31 Å². The Hall–Kier alpha value is -1.61. The zero-order chi connectivity index (χ0) is 16.6. The van der Waals surface area contributed by atoms with Crippen molar-refractivity contribution in [2.24, 2.45) is 0 Å². The molecule has 1 N–H and O–H groups in total. The summed E-state index contributed by atoms with van der Waals surface area (Å²) in [5.41, 5.74) is 0.367. The van der Waals surface area contributed by atoms with E-state index in [1.165, 1.54) is 34.8 Å². The van der Waals surface area contributed by atoms with Crippen LogP contribution < -0.4 is 10.1 Å². The highest BCUT2D eigenvalue weighted by atomic mass is 35.5. The maximum absolute atomic E-state index is 12.7. The van der Waals surface area contributed by atoms with Gasteiger partial charge in [-0.2, -0.15) is 4.31 Å². The number of rotatable bonds is 4. The van der Waals surface area contributed by atoms with E-state index < -0.39 is 10.0 Å². The number of amides is 1. The molecule has 2 heterocycles. The first-order valence-electron chi connectivity index (χ1n) is 6.63. The van der Waals surface area contributed by atoms with Gasteiger partial charge in [0.05, 0.1) is 10.7 Å². The second-order valence-corrected chi connectivity index (χ2v) is 8.41. The molecular formula is C14H13ClN2O4S2.